The van der Waals surface area contributed by atoms with Crippen LogP contribution in [0.4, 0.5) is 0 Å². The maximum Gasteiger partial charge on any atom is 0.0228 e. The SMILES string of the molecule is CN(C)C[C@H]1C[C@H]1C1(C)c2ccccc2Sc2ccccc21. The van der Waals surface area contributed by atoms with Crippen molar-refractivity contribution in [2.45, 2.75) is 28.6 Å². The Morgan fingerprint density at radius 1 is 1.00 bits per heavy atom. The fourth-order valence-electron chi connectivity index (χ4n) is 4.26. The molecule has 1 saturated carbocycles. The van der Waals surface area contributed by atoms with Gasteiger partial charge in [-0.2, -0.15) is 0 Å². The Hall–Kier alpha value is -1.25. The van der Waals surface area contributed by atoms with Gasteiger partial charge in [0.2, 0.25) is 0 Å². The summed E-state index contributed by atoms with van der Waals surface area (Å²) in [5.41, 5.74) is 3.23. The standard InChI is InChI=1S/C20H23NS/c1-20(17-12-14(17)13-21(2)3)15-8-4-6-10-18(15)22-19-11-7-5-9-16(19)20/h4-11,14,17H,12-13H2,1-3H3/t14-,17-/m1/s1. The highest BCUT2D eigenvalue weighted by Crippen LogP contribution is 2.61. The molecule has 114 valence electrons. The van der Waals surface area contributed by atoms with Gasteiger partial charge in [0.05, 0.1) is 0 Å². The molecule has 2 aliphatic rings. The largest absolute Gasteiger partial charge is 0.309 e. The Balaban J connectivity index is 1.81. The number of fused-ring (bicyclic) bond motifs is 2. The number of benzene rings is 2. The summed E-state index contributed by atoms with van der Waals surface area (Å²) in [6.45, 7) is 3.68. The van der Waals surface area contributed by atoms with E-state index in [4.69, 9.17) is 0 Å². The minimum absolute atomic E-state index is 0.166. The third-order valence-electron chi connectivity index (χ3n) is 5.38. The molecular weight excluding hydrogens is 286 g/mol. The van der Waals surface area contributed by atoms with Crippen LogP contribution >= 0.6 is 11.8 Å². The Morgan fingerprint density at radius 3 is 2.09 bits per heavy atom. The van der Waals surface area contributed by atoms with Crippen molar-refractivity contribution >= 4 is 11.8 Å². The molecule has 4 rings (SSSR count). The van der Waals surface area contributed by atoms with Crippen molar-refractivity contribution in [2.75, 3.05) is 20.6 Å². The molecule has 2 atom stereocenters. The van der Waals surface area contributed by atoms with Crippen LogP contribution < -0.4 is 0 Å². The van der Waals surface area contributed by atoms with Crippen LogP contribution in [0.25, 0.3) is 0 Å². The average Bonchev–Trinajstić information content (AvgIpc) is 3.26. The average molecular weight is 309 g/mol. The third kappa shape index (κ3) is 2.12. The fraction of sp³-hybridized carbons (Fsp3) is 0.400. The van der Waals surface area contributed by atoms with Crippen molar-refractivity contribution in [1.29, 1.82) is 0 Å². The second-order valence-electron chi connectivity index (χ2n) is 7.16. The summed E-state index contributed by atoms with van der Waals surface area (Å²) in [4.78, 5) is 5.22. The summed E-state index contributed by atoms with van der Waals surface area (Å²) in [5, 5.41) is 0. The second kappa shape index (κ2) is 5.14. The predicted molar refractivity (Wildman–Crippen MR) is 93.6 cm³/mol. The molecule has 0 saturated heterocycles. The summed E-state index contributed by atoms with van der Waals surface area (Å²) in [7, 11) is 4.38. The van der Waals surface area contributed by atoms with Gasteiger partial charge in [0, 0.05) is 21.8 Å². The molecule has 2 heteroatoms. The van der Waals surface area contributed by atoms with Gasteiger partial charge in [-0.1, -0.05) is 55.1 Å². The van der Waals surface area contributed by atoms with Gasteiger partial charge in [-0.25, -0.2) is 0 Å². The lowest BCUT2D eigenvalue weighted by Crippen LogP contribution is -2.32. The van der Waals surface area contributed by atoms with Crippen LogP contribution in [0, 0.1) is 11.8 Å². The van der Waals surface area contributed by atoms with Crippen LogP contribution in [-0.2, 0) is 5.41 Å². The molecule has 1 aliphatic heterocycles. The molecular formula is C20H23NS. The summed E-state index contributed by atoms with van der Waals surface area (Å²) in [6.07, 6.45) is 1.35. The number of hydrogen-bond donors (Lipinski definition) is 0. The predicted octanol–water partition coefficient (Wildman–Crippen LogP) is 4.65. The number of hydrogen-bond acceptors (Lipinski definition) is 2. The summed E-state index contributed by atoms with van der Waals surface area (Å²) in [5.74, 6) is 1.59. The first-order chi connectivity index (χ1) is 10.6. The van der Waals surface area contributed by atoms with Crippen LogP contribution in [-0.4, -0.2) is 25.5 Å². The fourth-order valence-corrected chi connectivity index (χ4v) is 5.57. The number of rotatable bonds is 3. The summed E-state index contributed by atoms with van der Waals surface area (Å²) in [6, 6.07) is 18.0. The van der Waals surface area contributed by atoms with E-state index in [1.54, 1.807) is 0 Å². The first-order valence-corrected chi connectivity index (χ1v) is 8.94. The molecule has 1 fully saturated rings. The summed E-state index contributed by atoms with van der Waals surface area (Å²) >= 11 is 1.93. The first kappa shape index (κ1) is 14.3. The Labute approximate surface area is 137 Å². The molecule has 0 bridgehead atoms. The van der Waals surface area contributed by atoms with Gasteiger partial charge in [0.15, 0.2) is 0 Å². The van der Waals surface area contributed by atoms with Crippen LogP contribution in [0.2, 0.25) is 0 Å². The normalized spacial score (nSPS) is 24.7. The van der Waals surface area contributed by atoms with E-state index in [1.807, 2.05) is 11.8 Å². The van der Waals surface area contributed by atoms with E-state index in [0.29, 0.717) is 0 Å². The first-order valence-electron chi connectivity index (χ1n) is 8.12. The monoisotopic (exact) mass is 309 g/mol. The lowest BCUT2D eigenvalue weighted by molar-refractivity contribution is 0.351. The molecule has 0 radical (unpaired) electrons. The topological polar surface area (TPSA) is 3.24 Å². The molecule has 1 aliphatic carbocycles. The lowest BCUT2D eigenvalue weighted by atomic mass is 9.71. The van der Waals surface area contributed by atoms with Gasteiger partial charge >= 0.3 is 0 Å². The van der Waals surface area contributed by atoms with Crippen molar-refractivity contribution < 1.29 is 0 Å². The zero-order valence-corrected chi connectivity index (χ0v) is 14.4. The van der Waals surface area contributed by atoms with Crippen molar-refractivity contribution in [3.05, 3.63) is 59.7 Å². The van der Waals surface area contributed by atoms with Gasteiger partial charge in [-0.15, -0.1) is 0 Å². The lowest BCUT2D eigenvalue weighted by Gasteiger charge is -2.38. The smallest absolute Gasteiger partial charge is 0.0228 e. The molecule has 22 heavy (non-hydrogen) atoms. The van der Waals surface area contributed by atoms with E-state index in [2.05, 4.69) is 74.4 Å². The van der Waals surface area contributed by atoms with E-state index >= 15 is 0 Å². The molecule has 0 aromatic heterocycles. The van der Waals surface area contributed by atoms with Crippen LogP contribution in [0.5, 0.6) is 0 Å². The molecule has 0 spiro atoms. The van der Waals surface area contributed by atoms with E-state index in [-0.39, 0.29) is 5.41 Å². The molecule has 1 nitrogen and oxygen atoms in total. The zero-order valence-electron chi connectivity index (χ0n) is 13.5. The maximum atomic E-state index is 2.48. The van der Waals surface area contributed by atoms with Crippen molar-refractivity contribution in [3.63, 3.8) is 0 Å². The van der Waals surface area contributed by atoms with E-state index in [9.17, 15) is 0 Å². The van der Waals surface area contributed by atoms with Gasteiger partial charge in [-0.05, 0) is 55.6 Å². The van der Waals surface area contributed by atoms with Crippen molar-refractivity contribution in [2.24, 2.45) is 11.8 Å². The Morgan fingerprint density at radius 2 is 1.55 bits per heavy atom. The van der Waals surface area contributed by atoms with Gasteiger partial charge in [0.25, 0.3) is 0 Å². The Bertz CT molecular complexity index is 661. The molecule has 0 unspecified atom stereocenters. The molecule has 1 heterocycles. The molecule has 2 aromatic carbocycles. The van der Waals surface area contributed by atoms with Crippen molar-refractivity contribution in [1.82, 2.24) is 4.90 Å². The van der Waals surface area contributed by atoms with Crippen molar-refractivity contribution in [3.8, 4) is 0 Å². The highest BCUT2D eigenvalue weighted by atomic mass is 32.2. The summed E-state index contributed by atoms with van der Waals surface area (Å²) < 4.78 is 0. The van der Waals surface area contributed by atoms with Gasteiger partial charge in [-0.3, -0.25) is 0 Å². The Kier molecular flexibility index (Phi) is 3.35. The van der Waals surface area contributed by atoms with Crippen LogP contribution in [0.15, 0.2) is 58.3 Å². The maximum absolute atomic E-state index is 2.48. The van der Waals surface area contributed by atoms with E-state index in [1.165, 1.54) is 33.9 Å². The molecule has 2 aromatic rings. The molecule has 0 amide bonds. The zero-order chi connectivity index (χ0) is 15.3. The quantitative estimate of drug-likeness (QED) is 0.811. The van der Waals surface area contributed by atoms with Gasteiger partial charge < -0.3 is 4.90 Å². The van der Waals surface area contributed by atoms with Crippen LogP contribution in [0.1, 0.15) is 24.5 Å². The van der Waals surface area contributed by atoms with E-state index in [0.717, 1.165) is 11.8 Å². The third-order valence-corrected chi connectivity index (χ3v) is 6.53. The van der Waals surface area contributed by atoms with Gasteiger partial charge in [0.1, 0.15) is 0 Å². The minimum atomic E-state index is 0.166. The van der Waals surface area contributed by atoms with Crippen LogP contribution in [0.3, 0.4) is 0 Å². The molecule has 0 N–H and O–H groups in total. The minimum Gasteiger partial charge on any atom is -0.309 e. The van der Waals surface area contributed by atoms with E-state index < -0.39 is 0 Å². The highest BCUT2D eigenvalue weighted by molar-refractivity contribution is 7.99. The number of nitrogens with zero attached hydrogens (tertiary/aromatic N) is 1. The highest BCUT2D eigenvalue weighted by Gasteiger charge is 2.54. The second-order valence-corrected chi connectivity index (χ2v) is 8.25.